The molecule has 0 bridgehead atoms. The number of carbonyl (C=O) groups is 2. The highest BCUT2D eigenvalue weighted by Gasteiger charge is 2.11. The van der Waals surface area contributed by atoms with Gasteiger partial charge in [0, 0.05) is 0 Å². The van der Waals surface area contributed by atoms with Crippen LogP contribution >= 0.6 is 0 Å². The zero-order chi connectivity index (χ0) is 11.4. The number of hydrogen-bond donors (Lipinski definition) is 2. The molecule has 0 aliphatic rings. The van der Waals surface area contributed by atoms with E-state index in [-0.39, 0.29) is 5.56 Å². The molecule has 0 aliphatic heterocycles. The summed E-state index contributed by atoms with van der Waals surface area (Å²) in [6.07, 6.45) is -0.783. The Morgan fingerprint density at radius 1 is 1.47 bits per heavy atom. The van der Waals surface area contributed by atoms with Gasteiger partial charge in [0.15, 0.2) is 6.10 Å². The van der Waals surface area contributed by atoms with Crippen molar-refractivity contribution in [3.05, 3.63) is 29.8 Å². The minimum absolute atomic E-state index is 0.101. The summed E-state index contributed by atoms with van der Waals surface area (Å²) in [7, 11) is 0. The van der Waals surface area contributed by atoms with Crippen molar-refractivity contribution in [1.82, 2.24) is 0 Å². The van der Waals surface area contributed by atoms with Crippen LogP contribution in [0.5, 0.6) is 5.75 Å². The van der Waals surface area contributed by atoms with Crippen LogP contribution in [0.2, 0.25) is 0 Å². The molecule has 5 heteroatoms. The molecule has 0 saturated heterocycles. The van der Waals surface area contributed by atoms with Crippen LogP contribution in [0.3, 0.4) is 0 Å². The van der Waals surface area contributed by atoms with E-state index in [1.165, 1.54) is 25.1 Å². The maximum absolute atomic E-state index is 10.7. The zero-order valence-corrected chi connectivity index (χ0v) is 8.14. The number of amides is 1. The lowest BCUT2D eigenvalue weighted by Crippen LogP contribution is -2.30. The molecule has 1 amide bonds. The van der Waals surface area contributed by atoms with Crippen LogP contribution in [0.4, 0.5) is 0 Å². The largest absolute Gasteiger partial charge is 0.481 e. The van der Waals surface area contributed by atoms with Gasteiger partial charge in [0.25, 0.3) is 5.91 Å². The molecule has 0 radical (unpaired) electrons. The Kier molecular flexibility index (Phi) is 3.28. The van der Waals surface area contributed by atoms with Crippen LogP contribution in [0.1, 0.15) is 17.3 Å². The molecule has 0 heterocycles. The lowest BCUT2D eigenvalue weighted by molar-refractivity contribution is -0.123. The molecule has 1 aromatic carbocycles. The third-order valence-corrected chi connectivity index (χ3v) is 1.79. The second-order valence-corrected chi connectivity index (χ2v) is 3.00. The zero-order valence-electron chi connectivity index (χ0n) is 8.14. The van der Waals surface area contributed by atoms with E-state index in [9.17, 15) is 9.59 Å². The Hall–Kier alpha value is -2.04. The van der Waals surface area contributed by atoms with Crippen LogP contribution in [0.15, 0.2) is 24.3 Å². The molecule has 1 atom stereocenters. The van der Waals surface area contributed by atoms with E-state index in [1.54, 1.807) is 6.07 Å². The Morgan fingerprint density at radius 3 is 2.67 bits per heavy atom. The number of primary amides is 1. The number of benzene rings is 1. The van der Waals surface area contributed by atoms with Gasteiger partial charge in [0.05, 0.1) is 5.56 Å². The third kappa shape index (κ3) is 2.98. The van der Waals surface area contributed by atoms with E-state index in [4.69, 9.17) is 15.6 Å². The van der Waals surface area contributed by atoms with Gasteiger partial charge in [0.1, 0.15) is 5.75 Å². The summed E-state index contributed by atoms with van der Waals surface area (Å²) in [5.74, 6) is -1.34. The number of nitrogens with two attached hydrogens (primary N) is 1. The highest BCUT2D eigenvalue weighted by Crippen LogP contribution is 2.14. The predicted molar refractivity (Wildman–Crippen MR) is 52.7 cm³/mol. The molecule has 0 saturated carbocycles. The SMILES string of the molecule is CC(Oc1cccc(C(=O)O)c1)C(N)=O. The van der Waals surface area contributed by atoms with Gasteiger partial charge in [-0.15, -0.1) is 0 Å². The van der Waals surface area contributed by atoms with Crippen molar-refractivity contribution in [2.24, 2.45) is 5.73 Å². The third-order valence-electron chi connectivity index (χ3n) is 1.79. The van der Waals surface area contributed by atoms with Crippen molar-refractivity contribution in [3.8, 4) is 5.75 Å². The molecule has 0 fully saturated rings. The average Bonchev–Trinajstić information content (AvgIpc) is 2.18. The highest BCUT2D eigenvalue weighted by atomic mass is 16.5. The molecule has 15 heavy (non-hydrogen) atoms. The van der Waals surface area contributed by atoms with Gasteiger partial charge in [-0.1, -0.05) is 6.07 Å². The van der Waals surface area contributed by atoms with Crippen molar-refractivity contribution in [2.75, 3.05) is 0 Å². The quantitative estimate of drug-likeness (QED) is 0.761. The highest BCUT2D eigenvalue weighted by molar-refractivity contribution is 5.88. The molecule has 3 N–H and O–H groups in total. The maximum atomic E-state index is 10.7. The Bertz CT molecular complexity index is 389. The number of carboxylic acid groups (broad SMARTS) is 1. The van der Waals surface area contributed by atoms with Gasteiger partial charge in [0.2, 0.25) is 0 Å². The Balaban J connectivity index is 2.82. The normalized spacial score (nSPS) is 11.8. The summed E-state index contributed by atoms with van der Waals surface area (Å²) in [6, 6.07) is 5.87. The second kappa shape index (κ2) is 4.45. The van der Waals surface area contributed by atoms with Gasteiger partial charge < -0.3 is 15.6 Å². The summed E-state index contributed by atoms with van der Waals surface area (Å²) in [5.41, 5.74) is 5.10. The first-order valence-electron chi connectivity index (χ1n) is 4.30. The van der Waals surface area contributed by atoms with Gasteiger partial charge in [-0.05, 0) is 25.1 Å². The summed E-state index contributed by atoms with van der Waals surface area (Å²) in [6.45, 7) is 1.50. The smallest absolute Gasteiger partial charge is 0.335 e. The fourth-order valence-corrected chi connectivity index (χ4v) is 0.965. The van der Waals surface area contributed by atoms with E-state index < -0.39 is 18.0 Å². The lowest BCUT2D eigenvalue weighted by Gasteiger charge is -2.11. The molecule has 1 rings (SSSR count). The molecule has 1 aromatic rings. The number of aromatic carboxylic acids is 1. The predicted octanol–water partition coefficient (Wildman–Crippen LogP) is 0.637. The molecular formula is C10H11NO4. The fraction of sp³-hybridized carbons (Fsp3) is 0.200. The lowest BCUT2D eigenvalue weighted by atomic mass is 10.2. The summed E-state index contributed by atoms with van der Waals surface area (Å²) < 4.78 is 5.13. The summed E-state index contributed by atoms with van der Waals surface area (Å²) in [4.78, 5) is 21.3. The first-order valence-corrected chi connectivity index (χ1v) is 4.30. The van der Waals surface area contributed by atoms with Crippen LogP contribution < -0.4 is 10.5 Å². The summed E-state index contributed by atoms with van der Waals surface area (Å²) >= 11 is 0. The van der Waals surface area contributed by atoms with Gasteiger partial charge in [-0.25, -0.2) is 4.79 Å². The van der Waals surface area contributed by atoms with Crippen LogP contribution in [-0.2, 0) is 4.79 Å². The van der Waals surface area contributed by atoms with E-state index in [1.807, 2.05) is 0 Å². The molecular weight excluding hydrogens is 198 g/mol. The average molecular weight is 209 g/mol. The second-order valence-electron chi connectivity index (χ2n) is 3.00. The Labute approximate surface area is 86.5 Å². The molecule has 80 valence electrons. The first-order chi connectivity index (χ1) is 7.00. The van der Waals surface area contributed by atoms with Crippen molar-refractivity contribution in [1.29, 1.82) is 0 Å². The molecule has 5 nitrogen and oxygen atoms in total. The molecule has 1 unspecified atom stereocenters. The first kappa shape index (κ1) is 11.0. The molecule has 0 aromatic heterocycles. The minimum Gasteiger partial charge on any atom is -0.481 e. The van der Waals surface area contributed by atoms with Crippen molar-refractivity contribution in [2.45, 2.75) is 13.0 Å². The number of rotatable bonds is 4. The topological polar surface area (TPSA) is 89.6 Å². The number of hydrogen-bond acceptors (Lipinski definition) is 3. The van der Waals surface area contributed by atoms with Crippen LogP contribution in [0.25, 0.3) is 0 Å². The fourth-order valence-electron chi connectivity index (χ4n) is 0.965. The van der Waals surface area contributed by atoms with E-state index in [0.29, 0.717) is 5.75 Å². The summed E-state index contributed by atoms with van der Waals surface area (Å²) in [5, 5.41) is 8.71. The number of carboxylic acids is 1. The number of ether oxygens (including phenoxy) is 1. The van der Waals surface area contributed by atoms with Gasteiger partial charge in [-0.3, -0.25) is 4.79 Å². The van der Waals surface area contributed by atoms with E-state index in [2.05, 4.69) is 0 Å². The monoisotopic (exact) mass is 209 g/mol. The van der Waals surface area contributed by atoms with E-state index in [0.717, 1.165) is 0 Å². The standard InChI is InChI=1S/C10H11NO4/c1-6(9(11)12)15-8-4-2-3-7(5-8)10(13)14/h2-6H,1H3,(H2,11,12)(H,13,14). The van der Waals surface area contributed by atoms with Crippen molar-refractivity contribution >= 4 is 11.9 Å². The van der Waals surface area contributed by atoms with Crippen molar-refractivity contribution < 1.29 is 19.4 Å². The van der Waals surface area contributed by atoms with Crippen LogP contribution in [0, 0.1) is 0 Å². The molecule has 0 aliphatic carbocycles. The van der Waals surface area contributed by atoms with Crippen molar-refractivity contribution in [3.63, 3.8) is 0 Å². The molecule has 0 spiro atoms. The minimum atomic E-state index is -1.05. The Morgan fingerprint density at radius 2 is 2.13 bits per heavy atom. The van der Waals surface area contributed by atoms with Crippen LogP contribution in [-0.4, -0.2) is 23.1 Å². The van der Waals surface area contributed by atoms with E-state index >= 15 is 0 Å². The van der Waals surface area contributed by atoms with Gasteiger partial charge in [-0.2, -0.15) is 0 Å². The maximum Gasteiger partial charge on any atom is 0.335 e. The number of carbonyl (C=O) groups excluding carboxylic acids is 1. The van der Waals surface area contributed by atoms with Gasteiger partial charge >= 0.3 is 5.97 Å².